The number of hydrogen-bond acceptors (Lipinski definition) is 5. The number of carbonyl (C=O) groups excluding carboxylic acids is 1. The second-order valence-corrected chi connectivity index (χ2v) is 9.38. The number of carbonyl (C=O) groups is 1. The molecule has 0 aliphatic carbocycles. The van der Waals surface area contributed by atoms with E-state index < -0.39 is 0 Å². The molecule has 4 rings (SSSR count). The van der Waals surface area contributed by atoms with Crippen LogP contribution in [0, 0.1) is 0 Å². The Kier molecular flexibility index (Phi) is 9.87. The van der Waals surface area contributed by atoms with Crippen LogP contribution in [0.4, 0.5) is 5.69 Å². The largest absolute Gasteiger partial charge is 0.351 e. The van der Waals surface area contributed by atoms with Crippen molar-refractivity contribution in [2.45, 2.75) is 45.1 Å². The van der Waals surface area contributed by atoms with Gasteiger partial charge in [-0.05, 0) is 56.5 Å². The first-order chi connectivity index (χ1) is 18.7. The van der Waals surface area contributed by atoms with Crippen molar-refractivity contribution in [1.82, 2.24) is 30.4 Å². The number of aromatic nitrogens is 4. The summed E-state index contributed by atoms with van der Waals surface area (Å²) < 4.78 is 0. The number of hydrogen-bond donors (Lipinski definition) is 4. The van der Waals surface area contributed by atoms with Gasteiger partial charge in [0.05, 0.1) is 34.3 Å². The van der Waals surface area contributed by atoms with Crippen LogP contribution in [0.5, 0.6) is 0 Å². The number of benzene rings is 1. The standard InChI is InChI=1S/C30H37N7O/c1-3-4-5-6-7-8-11-14-25(31-22-38)23(2)33-28-20-32-36-29(28)30-34-26-16-15-24(19-27(26)35-30)21-37-17-12-9-10-13-18-37/h3-5,7-8,14-16,19-20,22,33H,1-2,6,9-13,17-18,21H2,(H,31,38)(H,32,36)(H,34,35)/b5-4-,8-7-,25-14+. The number of H-pyrrole nitrogens is 2. The molecule has 1 aliphatic heterocycles. The second-order valence-electron chi connectivity index (χ2n) is 9.38. The highest BCUT2D eigenvalue weighted by Gasteiger charge is 2.15. The number of allylic oxidation sites excluding steroid dienone is 6. The van der Waals surface area contributed by atoms with E-state index in [0.717, 1.165) is 42.8 Å². The number of fused-ring (bicyclic) bond motifs is 1. The molecular weight excluding hydrogens is 474 g/mol. The Morgan fingerprint density at radius 2 is 1.92 bits per heavy atom. The van der Waals surface area contributed by atoms with Gasteiger partial charge in [-0.1, -0.05) is 68.5 Å². The first kappa shape index (κ1) is 26.9. The van der Waals surface area contributed by atoms with Crippen LogP contribution in [0.2, 0.25) is 0 Å². The summed E-state index contributed by atoms with van der Waals surface area (Å²) in [6.45, 7) is 11.1. The van der Waals surface area contributed by atoms with E-state index >= 15 is 0 Å². The van der Waals surface area contributed by atoms with Gasteiger partial charge in [-0.25, -0.2) is 4.98 Å². The molecule has 198 valence electrons. The van der Waals surface area contributed by atoms with Crippen LogP contribution in [-0.4, -0.2) is 44.6 Å². The molecule has 1 amide bonds. The molecule has 0 radical (unpaired) electrons. The second kappa shape index (κ2) is 13.9. The number of amides is 1. The van der Waals surface area contributed by atoms with Crippen LogP contribution in [0.1, 0.15) is 44.1 Å². The monoisotopic (exact) mass is 511 g/mol. The van der Waals surface area contributed by atoms with Gasteiger partial charge >= 0.3 is 0 Å². The first-order valence-electron chi connectivity index (χ1n) is 13.2. The number of imidazole rings is 1. The number of aromatic amines is 2. The van der Waals surface area contributed by atoms with Gasteiger partial charge in [0.15, 0.2) is 5.82 Å². The summed E-state index contributed by atoms with van der Waals surface area (Å²) in [6.07, 6.45) is 20.7. The Balaban J connectivity index is 1.44. The maximum absolute atomic E-state index is 11.2. The molecular formula is C30H37N7O. The maximum Gasteiger partial charge on any atom is 0.211 e. The van der Waals surface area contributed by atoms with Gasteiger partial charge in [-0.3, -0.25) is 14.8 Å². The number of nitrogens with zero attached hydrogens (tertiary/aromatic N) is 3. The summed E-state index contributed by atoms with van der Waals surface area (Å²) in [5, 5.41) is 13.2. The molecule has 0 spiro atoms. The topological polar surface area (TPSA) is 102 Å². The van der Waals surface area contributed by atoms with Gasteiger partial charge < -0.3 is 15.6 Å². The molecule has 1 aliphatic rings. The minimum Gasteiger partial charge on any atom is -0.351 e. The van der Waals surface area contributed by atoms with E-state index in [2.05, 4.69) is 68.1 Å². The Bertz CT molecular complexity index is 1320. The Morgan fingerprint density at radius 1 is 1.11 bits per heavy atom. The van der Waals surface area contributed by atoms with E-state index in [0.29, 0.717) is 35.7 Å². The molecule has 1 aromatic carbocycles. The molecule has 2 aromatic heterocycles. The van der Waals surface area contributed by atoms with Crippen molar-refractivity contribution in [1.29, 1.82) is 0 Å². The summed E-state index contributed by atoms with van der Waals surface area (Å²) in [5.41, 5.74) is 5.75. The third-order valence-corrected chi connectivity index (χ3v) is 6.52. The fraction of sp³-hybridized carbons (Fsp3) is 0.300. The Hall–Kier alpha value is -4.17. The molecule has 0 bridgehead atoms. The van der Waals surface area contributed by atoms with Gasteiger partial charge in [-0.15, -0.1) is 0 Å². The summed E-state index contributed by atoms with van der Waals surface area (Å²) in [6, 6.07) is 6.42. The molecule has 0 atom stereocenters. The molecule has 0 saturated carbocycles. The first-order valence-corrected chi connectivity index (χ1v) is 13.2. The van der Waals surface area contributed by atoms with Crippen LogP contribution >= 0.6 is 0 Å². The van der Waals surface area contributed by atoms with Crippen LogP contribution < -0.4 is 10.6 Å². The highest BCUT2D eigenvalue weighted by atomic mass is 16.1. The predicted molar refractivity (Wildman–Crippen MR) is 155 cm³/mol. The van der Waals surface area contributed by atoms with Gasteiger partial charge in [0.2, 0.25) is 6.41 Å². The normalized spacial score (nSPS) is 15.2. The number of likely N-dealkylation sites (tertiary alicyclic amines) is 1. The molecule has 3 heterocycles. The molecule has 1 fully saturated rings. The summed E-state index contributed by atoms with van der Waals surface area (Å²) in [4.78, 5) is 22.0. The molecule has 38 heavy (non-hydrogen) atoms. The molecule has 1 saturated heterocycles. The quantitative estimate of drug-likeness (QED) is 0.129. The van der Waals surface area contributed by atoms with Crippen molar-refractivity contribution in [3.63, 3.8) is 0 Å². The van der Waals surface area contributed by atoms with Gasteiger partial charge in [-0.2, -0.15) is 5.10 Å². The van der Waals surface area contributed by atoms with Gasteiger partial charge in [0.25, 0.3) is 0 Å². The van der Waals surface area contributed by atoms with Crippen molar-refractivity contribution in [2.75, 3.05) is 18.4 Å². The van der Waals surface area contributed by atoms with Crippen molar-refractivity contribution < 1.29 is 4.79 Å². The lowest BCUT2D eigenvalue weighted by Crippen LogP contribution is -2.23. The highest BCUT2D eigenvalue weighted by molar-refractivity contribution is 5.82. The lowest BCUT2D eigenvalue weighted by molar-refractivity contribution is -0.108. The number of anilines is 1. The number of rotatable bonds is 13. The van der Waals surface area contributed by atoms with Crippen LogP contribution in [0.3, 0.4) is 0 Å². The highest BCUT2D eigenvalue weighted by Crippen LogP contribution is 2.27. The zero-order valence-electron chi connectivity index (χ0n) is 21.9. The SMILES string of the molecule is C=C/C=C\C/C=C\C/C=C(/NC=O)C(=C)Nc1cn[nH]c1-c1nc2ccc(CN3CCCCCC3)cc2[nH]1. The van der Waals surface area contributed by atoms with Gasteiger partial charge in [0.1, 0.15) is 5.69 Å². The fourth-order valence-electron chi connectivity index (χ4n) is 4.58. The van der Waals surface area contributed by atoms with Crippen LogP contribution in [-0.2, 0) is 11.3 Å². The van der Waals surface area contributed by atoms with Crippen LogP contribution in [0.25, 0.3) is 22.6 Å². The fourth-order valence-corrected chi connectivity index (χ4v) is 4.58. The molecule has 0 unspecified atom stereocenters. The summed E-state index contributed by atoms with van der Waals surface area (Å²) in [7, 11) is 0. The number of nitrogens with one attached hydrogen (secondary N) is 4. The average Bonchev–Trinajstić information content (AvgIpc) is 3.47. The maximum atomic E-state index is 11.2. The van der Waals surface area contributed by atoms with Crippen LogP contribution in [0.15, 0.2) is 85.4 Å². The zero-order valence-corrected chi connectivity index (χ0v) is 21.9. The van der Waals surface area contributed by atoms with E-state index in [4.69, 9.17) is 4.98 Å². The third-order valence-electron chi connectivity index (χ3n) is 6.52. The third kappa shape index (κ3) is 7.43. The van der Waals surface area contributed by atoms with E-state index in [1.54, 1.807) is 12.3 Å². The lowest BCUT2D eigenvalue weighted by Gasteiger charge is -2.19. The van der Waals surface area contributed by atoms with E-state index in [1.807, 2.05) is 24.3 Å². The smallest absolute Gasteiger partial charge is 0.211 e. The van der Waals surface area contributed by atoms with Gasteiger partial charge in [0, 0.05) is 6.54 Å². The zero-order chi connectivity index (χ0) is 26.6. The molecule has 4 N–H and O–H groups in total. The molecule has 8 heteroatoms. The van der Waals surface area contributed by atoms with Crippen molar-refractivity contribution in [2.24, 2.45) is 0 Å². The minimum atomic E-state index is 0.551. The van der Waals surface area contributed by atoms with Crippen molar-refractivity contribution in [3.05, 3.63) is 91.0 Å². The van der Waals surface area contributed by atoms with Crippen molar-refractivity contribution >= 4 is 23.1 Å². The average molecular weight is 512 g/mol. The summed E-state index contributed by atoms with van der Waals surface area (Å²) in [5.74, 6) is 0.684. The summed E-state index contributed by atoms with van der Waals surface area (Å²) >= 11 is 0. The minimum absolute atomic E-state index is 0.551. The molecule has 8 nitrogen and oxygen atoms in total. The van der Waals surface area contributed by atoms with Crippen molar-refractivity contribution in [3.8, 4) is 11.5 Å². The Morgan fingerprint density at radius 3 is 2.71 bits per heavy atom. The van der Waals surface area contributed by atoms with E-state index in [-0.39, 0.29) is 0 Å². The Labute approximate surface area is 224 Å². The van der Waals surface area contributed by atoms with E-state index in [1.165, 1.54) is 31.2 Å². The lowest BCUT2D eigenvalue weighted by atomic mass is 10.2. The van der Waals surface area contributed by atoms with E-state index in [9.17, 15) is 4.79 Å². The predicted octanol–water partition coefficient (Wildman–Crippen LogP) is 5.96. The molecule has 3 aromatic rings.